The maximum Gasteiger partial charge on any atom is 0.0923 e. The molecule has 15 heavy (non-hydrogen) atoms. The van der Waals surface area contributed by atoms with E-state index in [9.17, 15) is 5.11 Å². The van der Waals surface area contributed by atoms with Gasteiger partial charge in [0.1, 0.15) is 0 Å². The van der Waals surface area contributed by atoms with E-state index < -0.39 is 6.10 Å². The fourth-order valence-electron chi connectivity index (χ4n) is 1.79. The van der Waals surface area contributed by atoms with Crippen molar-refractivity contribution >= 4 is 35.0 Å². The third-order valence-corrected chi connectivity index (χ3v) is 4.62. The molecule has 4 heteroatoms. The van der Waals surface area contributed by atoms with Crippen LogP contribution < -0.4 is 0 Å². The minimum Gasteiger partial charge on any atom is -0.387 e. The minimum atomic E-state index is -0.497. The van der Waals surface area contributed by atoms with Crippen LogP contribution in [0.2, 0.25) is 10.0 Å². The van der Waals surface area contributed by atoms with Gasteiger partial charge in [0, 0.05) is 20.9 Å². The zero-order valence-corrected chi connectivity index (χ0v) is 10.4. The summed E-state index contributed by atoms with van der Waals surface area (Å²) in [6.07, 6.45) is 1.72. The Kier molecular flexibility index (Phi) is 3.83. The van der Waals surface area contributed by atoms with Crippen molar-refractivity contribution in [2.24, 2.45) is 0 Å². The SMILES string of the molecule is OC(c1cc(Cl)ccc1Cl)C1CCCS1. The Morgan fingerprint density at radius 3 is 2.87 bits per heavy atom. The Balaban J connectivity index is 2.23. The molecule has 1 fully saturated rings. The van der Waals surface area contributed by atoms with Crippen LogP contribution in [0.15, 0.2) is 18.2 Å². The molecule has 82 valence electrons. The highest BCUT2D eigenvalue weighted by Gasteiger charge is 2.26. The second-order valence-electron chi connectivity index (χ2n) is 3.66. The number of aliphatic hydroxyl groups is 1. The standard InChI is InChI=1S/C11H12Cl2OS/c12-7-3-4-9(13)8(6-7)11(14)10-2-1-5-15-10/h3-4,6,10-11,14H,1-2,5H2. The molecule has 1 saturated heterocycles. The first-order valence-corrected chi connectivity index (χ1v) is 6.73. The molecule has 0 radical (unpaired) electrons. The summed E-state index contributed by atoms with van der Waals surface area (Å²) in [5, 5.41) is 11.6. The average molecular weight is 263 g/mol. The molecular formula is C11H12Cl2OS. The molecule has 1 nitrogen and oxygen atoms in total. The van der Waals surface area contributed by atoms with Crippen molar-refractivity contribution in [3.63, 3.8) is 0 Å². The summed E-state index contributed by atoms with van der Waals surface area (Å²) in [5.74, 6) is 1.12. The van der Waals surface area contributed by atoms with Crippen LogP contribution in [0.25, 0.3) is 0 Å². The molecular weight excluding hydrogens is 251 g/mol. The normalized spacial score (nSPS) is 23.0. The molecule has 0 aromatic heterocycles. The van der Waals surface area contributed by atoms with Crippen LogP contribution in [0.4, 0.5) is 0 Å². The van der Waals surface area contributed by atoms with Crippen LogP contribution >= 0.6 is 35.0 Å². The van der Waals surface area contributed by atoms with Gasteiger partial charge in [-0.15, -0.1) is 0 Å². The van der Waals surface area contributed by atoms with E-state index in [0.717, 1.165) is 17.7 Å². The van der Waals surface area contributed by atoms with E-state index in [0.29, 0.717) is 10.0 Å². The first-order chi connectivity index (χ1) is 7.18. The lowest BCUT2D eigenvalue weighted by molar-refractivity contribution is 0.173. The van der Waals surface area contributed by atoms with E-state index >= 15 is 0 Å². The molecule has 1 aliphatic rings. The van der Waals surface area contributed by atoms with E-state index in [2.05, 4.69) is 0 Å². The van der Waals surface area contributed by atoms with Crippen LogP contribution in [0, 0.1) is 0 Å². The largest absolute Gasteiger partial charge is 0.387 e. The first-order valence-electron chi connectivity index (χ1n) is 4.93. The van der Waals surface area contributed by atoms with Crippen molar-refractivity contribution in [3.8, 4) is 0 Å². The van der Waals surface area contributed by atoms with Crippen LogP contribution in [0.1, 0.15) is 24.5 Å². The van der Waals surface area contributed by atoms with E-state index in [-0.39, 0.29) is 5.25 Å². The number of hydrogen-bond acceptors (Lipinski definition) is 2. The van der Waals surface area contributed by atoms with Gasteiger partial charge in [-0.05, 0) is 36.8 Å². The van der Waals surface area contributed by atoms with Crippen molar-refractivity contribution in [2.75, 3.05) is 5.75 Å². The molecule has 1 aliphatic heterocycles. The summed E-state index contributed by atoms with van der Waals surface area (Å²) in [7, 11) is 0. The molecule has 0 saturated carbocycles. The molecule has 1 aromatic rings. The molecule has 1 aromatic carbocycles. The highest BCUT2D eigenvalue weighted by Crippen LogP contribution is 2.38. The Morgan fingerprint density at radius 2 is 2.20 bits per heavy atom. The molecule has 1 heterocycles. The molecule has 0 aliphatic carbocycles. The molecule has 1 N–H and O–H groups in total. The summed E-state index contributed by atoms with van der Waals surface area (Å²) in [6, 6.07) is 5.23. The van der Waals surface area contributed by atoms with Crippen molar-refractivity contribution in [1.29, 1.82) is 0 Å². The highest BCUT2D eigenvalue weighted by atomic mass is 35.5. The number of aliphatic hydroxyl groups excluding tert-OH is 1. The summed E-state index contributed by atoms with van der Waals surface area (Å²) in [4.78, 5) is 0. The van der Waals surface area contributed by atoms with Crippen LogP contribution in [-0.4, -0.2) is 16.1 Å². The molecule has 0 spiro atoms. The molecule has 2 rings (SSSR count). The highest BCUT2D eigenvalue weighted by molar-refractivity contribution is 8.00. The second kappa shape index (κ2) is 4.96. The molecule has 0 amide bonds. The Hall–Kier alpha value is 0.110. The lowest BCUT2D eigenvalue weighted by Gasteiger charge is -2.18. The zero-order chi connectivity index (χ0) is 10.8. The number of rotatable bonds is 2. The van der Waals surface area contributed by atoms with Crippen molar-refractivity contribution in [3.05, 3.63) is 33.8 Å². The predicted molar refractivity (Wildman–Crippen MR) is 66.9 cm³/mol. The summed E-state index contributed by atoms with van der Waals surface area (Å²) >= 11 is 13.7. The molecule has 0 bridgehead atoms. The fraction of sp³-hybridized carbons (Fsp3) is 0.455. The monoisotopic (exact) mass is 262 g/mol. The number of halogens is 2. The smallest absolute Gasteiger partial charge is 0.0923 e. The quantitative estimate of drug-likeness (QED) is 0.872. The third-order valence-electron chi connectivity index (χ3n) is 2.59. The van der Waals surface area contributed by atoms with Gasteiger partial charge in [-0.1, -0.05) is 23.2 Å². The first kappa shape index (κ1) is 11.6. The van der Waals surface area contributed by atoms with E-state index in [1.165, 1.54) is 6.42 Å². The van der Waals surface area contributed by atoms with E-state index in [1.54, 1.807) is 18.2 Å². The predicted octanol–water partition coefficient (Wildman–Crippen LogP) is 3.92. The second-order valence-corrected chi connectivity index (χ2v) is 5.85. The molecule has 2 unspecified atom stereocenters. The van der Waals surface area contributed by atoms with Gasteiger partial charge in [0.05, 0.1) is 6.10 Å². The van der Waals surface area contributed by atoms with E-state index in [4.69, 9.17) is 23.2 Å². The Labute approximate surface area is 104 Å². The lowest BCUT2D eigenvalue weighted by atomic mass is 10.0. The van der Waals surface area contributed by atoms with Gasteiger partial charge >= 0.3 is 0 Å². The Bertz CT molecular complexity index is 350. The summed E-state index contributed by atoms with van der Waals surface area (Å²) in [6.45, 7) is 0. The van der Waals surface area contributed by atoms with Crippen molar-refractivity contribution in [1.82, 2.24) is 0 Å². The van der Waals surface area contributed by atoms with Gasteiger partial charge in [-0.3, -0.25) is 0 Å². The van der Waals surface area contributed by atoms with Gasteiger partial charge in [-0.25, -0.2) is 0 Å². The summed E-state index contributed by atoms with van der Waals surface area (Å²) < 4.78 is 0. The molecule has 2 atom stereocenters. The fourth-order valence-corrected chi connectivity index (χ4v) is 3.50. The van der Waals surface area contributed by atoms with Gasteiger partial charge in [0.2, 0.25) is 0 Å². The number of thioether (sulfide) groups is 1. The Morgan fingerprint density at radius 1 is 1.40 bits per heavy atom. The van der Waals surface area contributed by atoms with Crippen molar-refractivity contribution in [2.45, 2.75) is 24.2 Å². The maximum atomic E-state index is 10.2. The van der Waals surface area contributed by atoms with Crippen LogP contribution in [0.5, 0.6) is 0 Å². The topological polar surface area (TPSA) is 20.2 Å². The maximum absolute atomic E-state index is 10.2. The zero-order valence-electron chi connectivity index (χ0n) is 8.12. The van der Waals surface area contributed by atoms with Gasteiger partial charge < -0.3 is 5.11 Å². The van der Waals surface area contributed by atoms with Gasteiger partial charge in [0.25, 0.3) is 0 Å². The third kappa shape index (κ3) is 2.62. The van der Waals surface area contributed by atoms with Crippen LogP contribution in [-0.2, 0) is 0 Å². The van der Waals surface area contributed by atoms with Gasteiger partial charge in [-0.2, -0.15) is 11.8 Å². The van der Waals surface area contributed by atoms with E-state index in [1.807, 2.05) is 11.8 Å². The van der Waals surface area contributed by atoms with Gasteiger partial charge in [0.15, 0.2) is 0 Å². The lowest BCUT2D eigenvalue weighted by Crippen LogP contribution is -2.12. The minimum absolute atomic E-state index is 0.265. The van der Waals surface area contributed by atoms with Crippen molar-refractivity contribution < 1.29 is 5.11 Å². The number of benzene rings is 1. The average Bonchev–Trinajstić information content (AvgIpc) is 2.74. The van der Waals surface area contributed by atoms with Crippen LogP contribution in [0.3, 0.4) is 0 Å². The summed E-state index contributed by atoms with van der Waals surface area (Å²) in [5.41, 5.74) is 0.753. The number of hydrogen-bond donors (Lipinski definition) is 1.